The Labute approximate surface area is 173 Å². The lowest BCUT2D eigenvalue weighted by molar-refractivity contribution is -0.136. The van der Waals surface area contributed by atoms with Crippen LogP contribution in [0.15, 0.2) is 48.5 Å². The largest absolute Gasteiger partial charge is 0.497 e. The maximum Gasteiger partial charge on any atom is 0.229 e. The fourth-order valence-corrected chi connectivity index (χ4v) is 5.37. The third kappa shape index (κ3) is 3.59. The summed E-state index contributed by atoms with van der Waals surface area (Å²) in [7, 11) is 1.59. The van der Waals surface area contributed by atoms with E-state index in [4.69, 9.17) is 16.3 Å². The van der Waals surface area contributed by atoms with E-state index in [2.05, 4.69) is 0 Å². The Morgan fingerprint density at radius 2 is 2.04 bits per heavy atom. The Balaban J connectivity index is 1.52. The van der Waals surface area contributed by atoms with E-state index >= 15 is 0 Å². The van der Waals surface area contributed by atoms with Gasteiger partial charge in [-0.1, -0.05) is 35.9 Å². The third-order valence-corrected chi connectivity index (χ3v) is 6.77. The summed E-state index contributed by atoms with van der Waals surface area (Å²) in [5, 5.41) is 0.572. The molecule has 28 heavy (non-hydrogen) atoms. The first-order chi connectivity index (χ1) is 13.6. The molecule has 2 aliphatic heterocycles. The van der Waals surface area contributed by atoms with Gasteiger partial charge in [0.1, 0.15) is 11.1 Å². The fourth-order valence-electron chi connectivity index (χ4n) is 3.76. The summed E-state index contributed by atoms with van der Waals surface area (Å²) in [4.78, 5) is 29.4. The molecule has 0 aliphatic carbocycles. The van der Waals surface area contributed by atoms with Crippen LogP contribution in [-0.2, 0) is 9.59 Å². The molecular weight excluding hydrogens is 396 g/mol. The average Bonchev–Trinajstić information content (AvgIpc) is 3.35. The number of amides is 2. The van der Waals surface area contributed by atoms with Gasteiger partial charge in [-0.15, -0.1) is 11.8 Å². The number of carbonyl (C=O) groups excluding carboxylic acids is 2. The van der Waals surface area contributed by atoms with Gasteiger partial charge in [-0.3, -0.25) is 9.59 Å². The molecule has 5 nitrogen and oxygen atoms in total. The smallest absolute Gasteiger partial charge is 0.229 e. The van der Waals surface area contributed by atoms with Crippen molar-refractivity contribution in [2.24, 2.45) is 5.92 Å². The molecule has 0 aromatic heterocycles. The topological polar surface area (TPSA) is 49.9 Å². The molecule has 2 aliphatic rings. The maximum absolute atomic E-state index is 13.3. The summed E-state index contributed by atoms with van der Waals surface area (Å²) in [6, 6.07) is 15.0. The molecule has 2 amide bonds. The van der Waals surface area contributed by atoms with Crippen molar-refractivity contribution in [2.45, 2.75) is 11.8 Å². The summed E-state index contributed by atoms with van der Waals surface area (Å²) in [5.41, 5.74) is 1.71. The summed E-state index contributed by atoms with van der Waals surface area (Å²) >= 11 is 8.08. The molecule has 0 bridgehead atoms. The molecule has 0 radical (unpaired) electrons. The number of anilines is 1. The molecule has 0 saturated carbocycles. The highest BCUT2D eigenvalue weighted by molar-refractivity contribution is 7.99. The Kier molecular flexibility index (Phi) is 5.51. The fraction of sp³-hybridized carbons (Fsp3) is 0.333. The molecule has 7 heteroatoms. The van der Waals surface area contributed by atoms with Crippen molar-refractivity contribution in [3.05, 3.63) is 59.1 Å². The van der Waals surface area contributed by atoms with Crippen LogP contribution in [-0.4, -0.2) is 42.7 Å². The number of ether oxygens (including phenoxy) is 1. The Bertz CT molecular complexity index is 907. The molecule has 2 saturated heterocycles. The second-order valence-electron chi connectivity index (χ2n) is 6.88. The van der Waals surface area contributed by atoms with E-state index in [9.17, 15) is 9.59 Å². The lowest BCUT2D eigenvalue weighted by atomic mass is 10.1. The van der Waals surface area contributed by atoms with Crippen LogP contribution < -0.4 is 9.64 Å². The van der Waals surface area contributed by atoms with E-state index < -0.39 is 0 Å². The van der Waals surface area contributed by atoms with Crippen LogP contribution >= 0.6 is 23.4 Å². The maximum atomic E-state index is 13.3. The lowest BCUT2D eigenvalue weighted by Crippen LogP contribution is -2.37. The van der Waals surface area contributed by atoms with E-state index in [1.807, 2.05) is 53.4 Å². The highest BCUT2D eigenvalue weighted by Crippen LogP contribution is 2.42. The second kappa shape index (κ2) is 8.05. The van der Waals surface area contributed by atoms with Gasteiger partial charge >= 0.3 is 0 Å². The minimum absolute atomic E-state index is 0.0219. The molecule has 2 unspecified atom stereocenters. The van der Waals surface area contributed by atoms with Crippen molar-refractivity contribution >= 4 is 40.9 Å². The molecule has 2 aromatic carbocycles. The molecular formula is C21H21ClN2O3S. The van der Waals surface area contributed by atoms with E-state index in [1.54, 1.807) is 23.8 Å². The van der Waals surface area contributed by atoms with Crippen LogP contribution in [0, 0.1) is 5.92 Å². The van der Waals surface area contributed by atoms with Gasteiger partial charge in [-0.05, 0) is 18.2 Å². The number of methoxy groups -OCH3 is 1. The van der Waals surface area contributed by atoms with Crippen LogP contribution in [0.3, 0.4) is 0 Å². The van der Waals surface area contributed by atoms with E-state index in [0.717, 1.165) is 17.0 Å². The van der Waals surface area contributed by atoms with Crippen LogP contribution in [0.2, 0.25) is 5.02 Å². The highest BCUT2D eigenvalue weighted by atomic mass is 35.5. The predicted octanol–water partition coefficient (Wildman–Crippen LogP) is 3.98. The van der Waals surface area contributed by atoms with Gasteiger partial charge < -0.3 is 14.5 Å². The third-order valence-electron chi connectivity index (χ3n) is 5.18. The zero-order valence-corrected chi connectivity index (χ0v) is 17.1. The first-order valence-corrected chi connectivity index (χ1v) is 10.6. The first kappa shape index (κ1) is 19.2. The van der Waals surface area contributed by atoms with Crippen LogP contribution in [0.5, 0.6) is 5.75 Å². The summed E-state index contributed by atoms with van der Waals surface area (Å²) in [6.07, 6.45) is 0.229. The number of hydrogen-bond acceptors (Lipinski definition) is 4. The van der Waals surface area contributed by atoms with Gasteiger partial charge in [-0.2, -0.15) is 0 Å². The molecule has 146 valence electrons. The zero-order chi connectivity index (χ0) is 19.7. The Morgan fingerprint density at radius 1 is 1.21 bits per heavy atom. The van der Waals surface area contributed by atoms with Gasteiger partial charge in [0, 0.05) is 47.6 Å². The number of carbonyl (C=O) groups is 2. The van der Waals surface area contributed by atoms with E-state index in [1.165, 1.54) is 0 Å². The molecule has 2 heterocycles. The summed E-state index contributed by atoms with van der Waals surface area (Å²) in [5.74, 6) is 1.20. The van der Waals surface area contributed by atoms with Crippen LogP contribution in [0.1, 0.15) is 17.4 Å². The first-order valence-electron chi connectivity index (χ1n) is 9.19. The number of hydrogen-bond donors (Lipinski definition) is 0. The zero-order valence-electron chi connectivity index (χ0n) is 15.5. The quantitative estimate of drug-likeness (QED) is 0.756. The van der Waals surface area contributed by atoms with Gasteiger partial charge in [-0.25, -0.2) is 0 Å². The standard InChI is InChI=1S/C21H21ClN2O3S/c1-27-16-6-4-5-15(12-16)24-13-14(11-19(24)25)20(26)23-9-10-28-21(23)17-7-2-3-8-18(17)22/h2-8,12,14,21H,9-11,13H2,1H3. The monoisotopic (exact) mass is 416 g/mol. The van der Waals surface area contributed by atoms with Crippen LogP contribution in [0.4, 0.5) is 5.69 Å². The molecule has 2 atom stereocenters. The lowest BCUT2D eigenvalue weighted by Gasteiger charge is -2.27. The highest BCUT2D eigenvalue weighted by Gasteiger charge is 2.41. The van der Waals surface area contributed by atoms with Crippen molar-refractivity contribution in [3.8, 4) is 5.75 Å². The Morgan fingerprint density at radius 3 is 2.82 bits per heavy atom. The van der Waals surface area contributed by atoms with Crippen molar-refractivity contribution in [1.82, 2.24) is 4.90 Å². The number of halogens is 1. The van der Waals surface area contributed by atoms with Crippen molar-refractivity contribution in [3.63, 3.8) is 0 Å². The number of nitrogens with zero attached hydrogens (tertiary/aromatic N) is 2. The van der Waals surface area contributed by atoms with E-state index in [0.29, 0.717) is 23.9 Å². The minimum atomic E-state index is -0.345. The second-order valence-corrected chi connectivity index (χ2v) is 8.48. The molecule has 0 N–H and O–H groups in total. The molecule has 4 rings (SSSR count). The van der Waals surface area contributed by atoms with Crippen LogP contribution in [0.25, 0.3) is 0 Å². The normalized spacial score (nSPS) is 22.0. The number of benzene rings is 2. The van der Waals surface area contributed by atoms with E-state index in [-0.39, 0.29) is 29.5 Å². The number of thioether (sulfide) groups is 1. The number of rotatable bonds is 4. The van der Waals surface area contributed by atoms with Crippen molar-refractivity contribution in [2.75, 3.05) is 30.9 Å². The van der Waals surface area contributed by atoms with Gasteiger partial charge in [0.05, 0.1) is 13.0 Å². The average molecular weight is 417 g/mol. The van der Waals surface area contributed by atoms with Gasteiger partial charge in [0.15, 0.2) is 0 Å². The van der Waals surface area contributed by atoms with Crippen molar-refractivity contribution < 1.29 is 14.3 Å². The summed E-state index contributed by atoms with van der Waals surface area (Å²) in [6.45, 7) is 1.06. The van der Waals surface area contributed by atoms with Crippen molar-refractivity contribution in [1.29, 1.82) is 0 Å². The molecule has 2 fully saturated rings. The predicted molar refractivity (Wildman–Crippen MR) is 112 cm³/mol. The molecule has 2 aromatic rings. The Hall–Kier alpha value is -2.18. The SMILES string of the molecule is COc1cccc(N2CC(C(=O)N3CCSC3c3ccccc3Cl)CC2=O)c1. The van der Waals surface area contributed by atoms with Gasteiger partial charge in [0.25, 0.3) is 0 Å². The summed E-state index contributed by atoms with van der Waals surface area (Å²) < 4.78 is 5.25. The van der Waals surface area contributed by atoms with Gasteiger partial charge in [0.2, 0.25) is 11.8 Å². The minimum Gasteiger partial charge on any atom is -0.497 e. The molecule has 0 spiro atoms.